The maximum atomic E-state index is 13.3. The summed E-state index contributed by atoms with van der Waals surface area (Å²) in [6.07, 6.45) is 1.11. The number of fused-ring (bicyclic) bond motifs is 1. The van der Waals surface area contributed by atoms with Gasteiger partial charge in [0.2, 0.25) is 11.8 Å². The minimum Gasteiger partial charge on any atom is -0.299 e. The van der Waals surface area contributed by atoms with Gasteiger partial charge in [-0.2, -0.15) is 0 Å². The van der Waals surface area contributed by atoms with Gasteiger partial charge in [0.25, 0.3) is 0 Å². The normalized spacial score (nSPS) is 29.1. The molecule has 0 spiro atoms. The number of rotatable bonds is 2. The first kappa shape index (κ1) is 15.5. The van der Waals surface area contributed by atoms with Crippen molar-refractivity contribution >= 4 is 23.3 Å². The quantitative estimate of drug-likeness (QED) is 0.786. The fourth-order valence-electron chi connectivity index (χ4n) is 5.22. The van der Waals surface area contributed by atoms with Crippen LogP contribution >= 0.6 is 0 Å². The van der Waals surface area contributed by atoms with Crippen LogP contribution in [0.5, 0.6) is 0 Å². The molecule has 1 saturated heterocycles. The van der Waals surface area contributed by atoms with Gasteiger partial charge >= 0.3 is 0 Å². The average molecular weight is 345 g/mol. The predicted molar refractivity (Wildman–Crippen MR) is 96.8 cm³/mol. The molecule has 2 amide bonds. The molecule has 0 radical (unpaired) electrons. The van der Waals surface area contributed by atoms with E-state index < -0.39 is 17.8 Å². The van der Waals surface area contributed by atoms with Crippen molar-refractivity contribution in [3.05, 3.63) is 65.2 Å². The molecular formula is C22H19NO3. The van der Waals surface area contributed by atoms with E-state index in [1.165, 1.54) is 4.90 Å². The van der Waals surface area contributed by atoms with Crippen LogP contribution < -0.4 is 4.90 Å². The lowest BCUT2D eigenvalue weighted by atomic mass is 9.56. The molecule has 4 nitrogen and oxygen atoms in total. The standard InChI is InChI=1S/C22H19NO3/c1-2-12-7-3-6-10-16(12)23-21(25)19-15-11-17(24)18(20(19)22(23)26)14-9-5-4-8-13(14)15/h3-10,15,18-20H,2,11H2,1H3/t15-,18+,19+,20+/m0/s1. The van der Waals surface area contributed by atoms with Crippen molar-refractivity contribution in [3.63, 3.8) is 0 Å². The number of aryl methyl sites for hydroxylation is 1. The number of ketones is 1. The highest BCUT2D eigenvalue weighted by atomic mass is 16.2. The molecule has 26 heavy (non-hydrogen) atoms. The van der Waals surface area contributed by atoms with E-state index in [1.54, 1.807) is 0 Å². The van der Waals surface area contributed by atoms with Crippen molar-refractivity contribution in [3.8, 4) is 0 Å². The van der Waals surface area contributed by atoms with Crippen molar-refractivity contribution in [2.75, 3.05) is 4.90 Å². The van der Waals surface area contributed by atoms with Crippen LogP contribution in [-0.4, -0.2) is 17.6 Å². The van der Waals surface area contributed by atoms with Crippen LogP contribution in [0.1, 0.15) is 41.9 Å². The van der Waals surface area contributed by atoms with Crippen LogP contribution in [0.2, 0.25) is 0 Å². The Bertz CT molecular complexity index is 963. The number of para-hydroxylation sites is 1. The van der Waals surface area contributed by atoms with E-state index in [4.69, 9.17) is 0 Å². The SMILES string of the molecule is CCc1ccccc1N1C(=O)[C@H]2[C@H](C1=O)[C@H]1C(=O)C[C@H]2c2ccccc21. The molecule has 3 aliphatic carbocycles. The van der Waals surface area contributed by atoms with Gasteiger partial charge in [-0.25, -0.2) is 4.90 Å². The summed E-state index contributed by atoms with van der Waals surface area (Å²) in [5, 5.41) is 0. The van der Waals surface area contributed by atoms with Crippen LogP contribution in [0.15, 0.2) is 48.5 Å². The highest BCUT2D eigenvalue weighted by Gasteiger charge is 2.62. The van der Waals surface area contributed by atoms with Crippen molar-refractivity contribution in [2.24, 2.45) is 11.8 Å². The smallest absolute Gasteiger partial charge is 0.238 e. The summed E-state index contributed by atoms with van der Waals surface area (Å²) in [7, 11) is 0. The molecule has 1 aliphatic heterocycles. The van der Waals surface area contributed by atoms with Crippen molar-refractivity contribution in [1.29, 1.82) is 0 Å². The summed E-state index contributed by atoms with van der Waals surface area (Å²) in [5.41, 5.74) is 3.67. The Morgan fingerprint density at radius 2 is 1.54 bits per heavy atom. The third kappa shape index (κ3) is 1.82. The van der Waals surface area contributed by atoms with Crippen LogP contribution in [-0.2, 0) is 20.8 Å². The topological polar surface area (TPSA) is 54.5 Å². The minimum atomic E-state index is -0.548. The Morgan fingerprint density at radius 1 is 0.885 bits per heavy atom. The second-order valence-corrected chi connectivity index (χ2v) is 7.43. The van der Waals surface area contributed by atoms with Crippen molar-refractivity contribution in [1.82, 2.24) is 0 Å². The summed E-state index contributed by atoms with van der Waals surface area (Å²) in [6.45, 7) is 2.01. The summed E-state index contributed by atoms with van der Waals surface area (Å²) in [5.74, 6) is -1.86. The predicted octanol–water partition coefficient (Wildman–Crippen LogP) is 3.21. The number of benzene rings is 2. The van der Waals surface area contributed by atoms with E-state index in [-0.39, 0.29) is 23.5 Å². The van der Waals surface area contributed by atoms with Gasteiger partial charge in [0.15, 0.2) is 0 Å². The summed E-state index contributed by atoms with van der Waals surface area (Å²) >= 11 is 0. The zero-order valence-corrected chi connectivity index (χ0v) is 14.5. The van der Waals surface area contributed by atoms with Crippen LogP contribution in [0.3, 0.4) is 0 Å². The number of hydrogen-bond acceptors (Lipinski definition) is 3. The minimum absolute atomic E-state index is 0.0988. The van der Waals surface area contributed by atoms with E-state index in [1.807, 2.05) is 55.5 Å². The van der Waals surface area contributed by atoms with E-state index in [2.05, 4.69) is 0 Å². The summed E-state index contributed by atoms with van der Waals surface area (Å²) in [6, 6.07) is 15.4. The second-order valence-electron chi connectivity index (χ2n) is 7.43. The number of Topliss-reactive ketones (excluding diaryl/α,β-unsaturated/α-hetero) is 1. The molecule has 0 unspecified atom stereocenters. The maximum Gasteiger partial charge on any atom is 0.238 e. The third-order valence-corrected chi connectivity index (χ3v) is 6.30. The number of hydrogen-bond donors (Lipinski definition) is 0. The molecule has 6 rings (SSSR count). The first-order valence-electron chi connectivity index (χ1n) is 9.20. The number of anilines is 1. The molecule has 4 aliphatic rings. The number of carbonyl (C=O) groups is 3. The molecule has 4 heteroatoms. The molecule has 2 bridgehead atoms. The lowest BCUT2D eigenvalue weighted by Crippen LogP contribution is -2.44. The van der Waals surface area contributed by atoms with Crippen molar-refractivity contribution in [2.45, 2.75) is 31.6 Å². The van der Waals surface area contributed by atoms with Crippen LogP contribution in [0.25, 0.3) is 0 Å². The molecule has 0 N–H and O–H groups in total. The molecule has 1 saturated carbocycles. The Kier molecular flexibility index (Phi) is 3.20. The second kappa shape index (κ2) is 5.37. The molecule has 4 atom stereocenters. The number of amides is 2. The average Bonchev–Trinajstić information content (AvgIpc) is 2.93. The molecule has 2 fully saturated rings. The fraction of sp³-hybridized carbons (Fsp3) is 0.318. The van der Waals surface area contributed by atoms with E-state index >= 15 is 0 Å². The van der Waals surface area contributed by atoms with Gasteiger partial charge in [0.05, 0.1) is 23.4 Å². The van der Waals surface area contributed by atoms with Crippen LogP contribution in [0, 0.1) is 11.8 Å². The van der Waals surface area contributed by atoms with Gasteiger partial charge in [-0.05, 0) is 29.2 Å². The molecule has 0 aromatic heterocycles. The first-order chi connectivity index (χ1) is 12.6. The zero-order valence-electron chi connectivity index (χ0n) is 14.5. The molecule has 1 heterocycles. The zero-order chi connectivity index (χ0) is 18.0. The van der Waals surface area contributed by atoms with Gasteiger partial charge in [0.1, 0.15) is 5.78 Å². The Balaban J connectivity index is 1.67. The fourth-order valence-corrected chi connectivity index (χ4v) is 5.22. The van der Waals surface area contributed by atoms with Gasteiger partial charge < -0.3 is 0 Å². The van der Waals surface area contributed by atoms with E-state index in [0.29, 0.717) is 12.1 Å². The lowest BCUT2D eigenvalue weighted by molar-refractivity contribution is -0.134. The monoisotopic (exact) mass is 345 g/mol. The molecule has 2 aromatic rings. The number of imide groups is 1. The maximum absolute atomic E-state index is 13.3. The Hall–Kier alpha value is -2.75. The van der Waals surface area contributed by atoms with Gasteiger partial charge in [-0.1, -0.05) is 49.4 Å². The lowest BCUT2D eigenvalue weighted by Gasteiger charge is -2.43. The van der Waals surface area contributed by atoms with Gasteiger partial charge in [-0.15, -0.1) is 0 Å². The van der Waals surface area contributed by atoms with E-state index in [9.17, 15) is 14.4 Å². The Morgan fingerprint density at radius 3 is 2.31 bits per heavy atom. The highest BCUT2D eigenvalue weighted by Crippen LogP contribution is 2.57. The highest BCUT2D eigenvalue weighted by molar-refractivity contribution is 6.25. The number of nitrogens with zero attached hydrogens (tertiary/aromatic N) is 1. The largest absolute Gasteiger partial charge is 0.299 e. The Labute approximate surface area is 151 Å². The van der Waals surface area contributed by atoms with Crippen molar-refractivity contribution < 1.29 is 14.4 Å². The van der Waals surface area contributed by atoms with Gasteiger partial charge in [-0.3, -0.25) is 14.4 Å². The molecular weight excluding hydrogens is 326 g/mol. The molecule has 2 aromatic carbocycles. The van der Waals surface area contributed by atoms with E-state index in [0.717, 1.165) is 23.1 Å². The molecule has 130 valence electrons. The first-order valence-corrected chi connectivity index (χ1v) is 9.20. The van der Waals surface area contributed by atoms with Gasteiger partial charge in [0, 0.05) is 12.3 Å². The van der Waals surface area contributed by atoms with Crippen LogP contribution in [0.4, 0.5) is 5.69 Å². The summed E-state index contributed by atoms with van der Waals surface area (Å²) < 4.78 is 0. The number of carbonyl (C=O) groups excluding carboxylic acids is 3. The third-order valence-electron chi connectivity index (χ3n) is 6.30. The summed E-state index contributed by atoms with van der Waals surface area (Å²) in [4.78, 5) is 40.7.